The van der Waals surface area contributed by atoms with Crippen LogP contribution in [-0.2, 0) is 0 Å². The number of hydrogen-bond donors (Lipinski definition) is 5. The van der Waals surface area contributed by atoms with Gasteiger partial charge in [0.2, 0.25) is 0 Å². The topological polar surface area (TPSA) is 116 Å². The summed E-state index contributed by atoms with van der Waals surface area (Å²) in [4.78, 5) is 20.0. The molecular weight excluding hydrogens is 164 g/mol. The Bertz CT molecular complexity index is 143. The number of hydrogen-bond acceptors (Lipinski definition) is 3. The molecule has 0 spiro atoms. The number of nitrogens with two attached hydrogens (primary N) is 1. The summed E-state index contributed by atoms with van der Waals surface area (Å²) in [5, 5.41) is 10.3. The lowest BCUT2D eigenvalue weighted by atomic mass is 10.4. The normalized spacial score (nSPS) is 9.00. The second kappa shape index (κ2) is 6.23. The highest BCUT2D eigenvalue weighted by molar-refractivity contribution is 5.70. The zero-order valence-electron chi connectivity index (χ0n) is 6.46. The zero-order chi connectivity index (χ0) is 9.40. The molecule has 0 aliphatic heterocycles. The number of carbonyl (C=O) groups is 2. The number of amides is 3. The first-order valence-corrected chi connectivity index (χ1v) is 3.38. The molecule has 0 bridgehead atoms. The highest BCUT2D eigenvalue weighted by Gasteiger charge is 1.93. The van der Waals surface area contributed by atoms with Crippen LogP contribution in [0.3, 0.4) is 0 Å². The van der Waals surface area contributed by atoms with Gasteiger partial charge in [-0.25, -0.2) is 15.0 Å². The summed E-state index contributed by atoms with van der Waals surface area (Å²) < 4.78 is 0. The largest absolute Gasteiger partial charge is 0.465 e. The molecule has 0 unspecified atom stereocenters. The summed E-state index contributed by atoms with van der Waals surface area (Å²) in [5.74, 6) is 0. The van der Waals surface area contributed by atoms with Crippen molar-refractivity contribution in [3.05, 3.63) is 0 Å². The second-order valence-corrected chi connectivity index (χ2v) is 2.00. The van der Waals surface area contributed by atoms with E-state index in [0.29, 0.717) is 19.5 Å². The highest BCUT2D eigenvalue weighted by Crippen LogP contribution is 1.71. The Morgan fingerprint density at radius 2 is 2.00 bits per heavy atom. The van der Waals surface area contributed by atoms with Crippen molar-refractivity contribution >= 4 is 12.1 Å². The molecule has 0 saturated heterocycles. The van der Waals surface area contributed by atoms with Crippen LogP contribution in [0.2, 0.25) is 0 Å². The minimum absolute atomic E-state index is 0.336. The van der Waals surface area contributed by atoms with Crippen molar-refractivity contribution in [2.45, 2.75) is 6.42 Å². The first-order chi connectivity index (χ1) is 5.63. The first kappa shape index (κ1) is 10.5. The van der Waals surface area contributed by atoms with Gasteiger partial charge in [0, 0.05) is 13.1 Å². The van der Waals surface area contributed by atoms with Crippen molar-refractivity contribution in [3.8, 4) is 0 Å². The average Bonchev–Trinajstić information content (AvgIpc) is 1.95. The van der Waals surface area contributed by atoms with Gasteiger partial charge in [0.25, 0.3) is 0 Å². The summed E-state index contributed by atoms with van der Waals surface area (Å²) in [5.41, 5.74) is 9.38. The van der Waals surface area contributed by atoms with Crippen molar-refractivity contribution in [1.82, 2.24) is 16.2 Å². The van der Waals surface area contributed by atoms with Gasteiger partial charge in [0.15, 0.2) is 0 Å². The van der Waals surface area contributed by atoms with Crippen LogP contribution < -0.4 is 21.9 Å². The van der Waals surface area contributed by atoms with E-state index in [1.807, 2.05) is 0 Å². The quantitative estimate of drug-likeness (QED) is 0.267. The fraction of sp³-hybridized carbons (Fsp3) is 0.600. The first-order valence-electron chi connectivity index (χ1n) is 3.38. The molecule has 0 aromatic rings. The SMILES string of the molecule is NC(=O)NNCCCNC(=O)O. The highest BCUT2D eigenvalue weighted by atomic mass is 16.4. The van der Waals surface area contributed by atoms with E-state index in [4.69, 9.17) is 10.8 Å². The smallest absolute Gasteiger partial charge is 0.404 e. The van der Waals surface area contributed by atoms with Crippen molar-refractivity contribution in [1.29, 1.82) is 0 Å². The number of urea groups is 1. The Hall–Kier alpha value is -1.50. The molecule has 0 saturated carbocycles. The van der Waals surface area contributed by atoms with Gasteiger partial charge < -0.3 is 16.2 Å². The third-order valence-corrected chi connectivity index (χ3v) is 0.966. The second-order valence-electron chi connectivity index (χ2n) is 2.00. The molecule has 7 heteroatoms. The van der Waals surface area contributed by atoms with E-state index in [2.05, 4.69) is 16.2 Å². The summed E-state index contributed by atoms with van der Waals surface area (Å²) in [6, 6.07) is -0.666. The van der Waals surface area contributed by atoms with Crippen molar-refractivity contribution in [3.63, 3.8) is 0 Å². The molecule has 0 aliphatic carbocycles. The number of carbonyl (C=O) groups excluding carboxylic acids is 1. The lowest BCUT2D eigenvalue weighted by Gasteiger charge is -2.03. The Balaban J connectivity index is 3.01. The molecule has 0 atom stereocenters. The minimum Gasteiger partial charge on any atom is -0.465 e. The van der Waals surface area contributed by atoms with Gasteiger partial charge in [0.05, 0.1) is 0 Å². The van der Waals surface area contributed by atoms with E-state index >= 15 is 0 Å². The number of rotatable bonds is 5. The Morgan fingerprint density at radius 3 is 2.50 bits per heavy atom. The standard InChI is InChI=1S/C5H12N4O3/c6-4(10)9-8-3-1-2-7-5(11)12/h7-8H,1-3H2,(H,11,12)(H3,6,9,10). The van der Waals surface area contributed by atoms with Gasteiger partial charge in [0.1, 0.15) is 0 Å². The van der Waals surface area contributed by atoms with Crippen molar-refractivity contribution in [2.24, 2.45) is 5.73 Å². The third kappa shape index (κ3) is 8.50. The van der Waals surface area contributed by atoms with Crippen LogP contribution in [0.5, 0.6) is 0 Å². The third-order valence-electron chi connectivity index (χ3n) is 0.966. The van der Waals surface area contributed by atoms with Crippen molar-refractivity contribution in [2.75, 3.05) is 13.1 Å². The van der Waals surface area contributed by atoms with Gasteiger partial charge in [-0.2, -0.15) is 0 Å². The van der Waals surface area contributed by atoms with Gasteiger partial charge in [-0.3, -0.25) is 5.43 Å². The van der Waals surface area contributed by atoms with E-state index < -0.39 is 12.1 Å². The molecule has 70 valence electrons. The number of hydrazine groups is 1. The Labute approximate surface area is 69.3 Å². The molecule has 0 aromatic heterocycles. The van der Waals surface area contributed by atoms with Crippen LogP contribution in [-0.4, -0.2) is 30.3 Å². The molecule has 0 aromatic carbocycles. The van der Waals surface area contributed by atoms with Crippen LogP contribution in [0, 0.1) is 0 Å². The number of carboxylic acid groups (broad SMARTS) is 1. The summed E-state index contributed by atoms with van der Waals surface area (Å²) in [6.45, 7) is 0.798. The predicted octanol–water partition coefficient (Wildman–Crippen LogP) is -1.18. The van der Waals surface area contributed by atoms with Crippen LogP contribution in [0.15, 0.2) is 0 Å². The maximum Gasteiger partial charge on any atom is 0.404 e. The van der Waals surface area contributed by atoms with Crippen LogP contribution in [0.4, 0.5) is 9.59 Å². The lowest BCUT2D eigenvalue weighted by molar-refractivity contribution is 0.194. The molecule has 0 radical (unpaired) electrons. The van der Waals surface area contributed by atoms with E-state index in [9.17, 15) is 9.59 Å². The molecule has 0 rings (SSSR count). The van der Waals surface area contributed by atoms with Crippen molar-refractivity contribution < 1.29 is 14.7 Å². The number of nitrogens with one attached hydrogen (secondary N) is 3. The molecular formula is C5H12N4O3. The molecule has 7 nitrogen and oxygen atoms in total. The number of primary amides is 1. The maximum atomic E-state index is 10.1. The summed E-state index contributed by atoms with van der Waals surface area (Å²) >= 11 is 0. The summed E-state index contributed by atoms with van der Waals surface area (Å²) in [7, 11) is 0. The molecule has 12 heavy (non-hydrogen) atoms. The minimum atomic E-state index is -1.06. The Morgan fingerprint density at radius 1 is 1.33 bits per heavy atom. The average molecular weight is 176 g/mol. The van der Waals surface area contributed by atoms with E-state index in [1.54, 1.807) is 0 Å². The van der Waals surface area contributed by atoms with Gasteiger partial charge in [-0.15, -0.1) is 0 Å². The van der Waals surface area contributed by atoms with E-state index in [1.165, 1.54) is 0 Å². The summed E-state index contributed by atoms with van der Waals surface area (Å²) in [6.07, 6.45) is -0.482. The van der Waals surface area contributed by atoms with Gasteiger partial charge in [-0.1, -0.05) is 0 Å². The van der Waals surface area contributed by atoms with Crippen LogP contribution in [0.1, 0.15) is 6.42 Å². The monoisotopic (exact) mass is 176 g/mol. The molecule has 6 N–H and O–H groups in total. The fourth-order valence-electron chi connectivity index (χ4n) is 0.522. The van der Waals surface area contributed by atoms with E-state index in [0.717, 1.165) is 0 Å². The Kier molecular flexibility index (Phi) is 5.45. The van der Waals surface area contributed by atoms with E-state index in [-0.39, 0.29) is 0 Å². The van der Waals surface area contributed by atoms with Crippen LogP contribution >= 0.6 is 0 Å². The van der Waals surface area contributed by atoms with Gasteiger partial charge in [-0.05, 0) is 6.42 Å². The molecule has 0 aliphatic rings. The molecule has 0 fully saturated rings. The fourth-order valence-corrected chi connectivity index (χ4v) is 0.522. The molecule has 0 heterocycles. The predicted molar refractivity (Wildman–Crippen MR) is 41.4 cm³/mol. The zero-order valence-corrected chi connectivity index (χ0v) is 6.46. The van der Waals surface area contributed by atoms with Crippen LogP contribution in [0.25, 0.3) is 0 Å². The maximum absolute atomic E-state index is 10.1. The molecule has 3 amide bonds. The van der Waals surface area contributed by atoms with Gasteiger partial charge >= 0.3 is 12.1 Å². The lowest BCUT2D eigenvalue weighted by Crippen LogP contribution is -2.42.